The van der Waals surface area contributed by atoms with Crippen molar-refractivity contribution >= 4 is 45.1 Å². The Morgan fingerprint density at radius 2 is 1.76 bits per heavy atom. The zero-order chi connectivity index (χ0) is 29.6. The quantitative estimate of drug-likeness (QED) is 0.160. The first-order valence-electron chi connectivity index (χ1n) is 14.6. The second-order valence-corrected chi connectivity index (χ2v) is 11.6. The summed E-state index contributed by atoms with van der Waals surface area (Å²) in [7, 11) is 0. The number of ether oxygens (including phenoxy) is 1. The summed E-state index contributed by atoms with van der Waals surface area (Å²) < 4.78 is 8.39. The number of likely N-dealkylation sites (tertiary alicyclic amines) is 1. The Labute approximate surface area is 244 Å². The number of nitrogens with zero attached hydrogens (tertiary/aromatic N) is 3. The smallest absolute Gasteiger partial charge is 0.354 e. The summed E-state index contributed by atoms with van der Waals surface area (Å²) in [6.45, 7) is 10.2. The molecule has 0 amide bonds. The molecule has 216 valence electrons. The van der Waals surface area contributed by atoms with E-state index >= 15 is 0 Å². The molecule has 0 bridgehead atoms. The topological polar surface area (TPSA) is 90.2 Å². The zero-order valence-electron chi connectivity index (χ0n) is 24.5. The number of fused-ring (bicyclic) bond motifs is 5. The Hall–Kier alpha value is -4.30. The Bertz CT molecular complexity index is 1780. The van der Waals surface area contributed by atoms with Crippen molar-refractivity contribution in [2.24, 2.45) is 5.16 Å². The van der Waals surface area contributed by atoms with E-state index in [0.717, 1.165) is 53.3 Å². The summed E-state index contributed by atoms with van der Waals surface area (Å²) in [5.41, 5.74) is 3.69. The Morgan fingerprint density at radius 3 is 2.50 bits per heavy atom. The molecule has 3 heterocycles. The molecule has 1 aromatic heterocycles. The van der Waals surface area contributed by atoms with E-state index in [1.807, 2.05) is 69.3 Å². The molecule has 0 radical (unpaired) electrons. The van der Waals surface area contributed by atoms with Gasteiger partial charge >= 0.3 is 5.97 Å². The molecule has 6 rings (SSSR count). The predicted octanol–water partition coefficient (Wildman–Crippen LogP) is 6.09. The van der Waals surface area contributed by atoms with E-state index in [1.165, 1.54) is 0 Å². The van der Waals surface area contributed by atoms with Gasteiger partial charge in [0.2, 0.25) is 5.78 Å². The minimum absolute atomic E-state index is 0.0560. The van der Waals surface area contributed by atoms with E-state index in [1.54, 1.807) is 6.07 Å². The summed E-state index contributed by atoms with van der Waals surface area (Å²) in [4.78, 5) is 47.6. The Balaban J connectivity index is 1.40. The molecule has 3 aromatic carbocycles. The average Bonchev–Trinajstić information content (AvgIpc) is 3.61. The van der Waals surface area contributed by atoms with E-state index in [-0.39, 0.29) is 30.3 Å². The van der Waals surface area contributed by atoms with Gasteiger partial charge in [-0.2, -0.15) is 0 Å². The second kappa shape index (κ2) is 10.8. The monoisotopic (exact) mass is 565 g/mol. The van der Waals surface area contributed by atoms with Crippen LogP contribution in [0.15, 0.2) is 59.8 Å². The van der Waals surface area contributed by atoms with E-state index in [2.05, 4.69) is 21.5 Å². The molecule has 42 heavy (non-hydrogen) atoms. The fourth-order valence-electron chi connectivity index (χ4n) is 6.17. The SMILES string of the molecule is CCn1c2ccc(C(=O)c3ccccc3C)cc2c2c3c(ccc21)C(=O)/C(=N/OC(=O)C(C)(C)N1CCCC1)CCO3. The molecule has 0 atom stereocenters. The molecular weight excluding hydrogens is 530 g/mol. The number of hydrogen-bond acceptors (Lipinski definition) is 7. The molecule has 2 aliphatic heterocycles. The van der Waals surface area contributed by atoms with Gasteiger partial charge in [-0.05, 0) is 89.5 Å². The highest BCUT2D eigenvalue weighted by molar-refractivity contribution is 6.47. The first-order valence-corrected chi connectivity index (χ1v) is 14.6. The lowest BCUT2D eigenvalue weighted by atomic mass is 9.97. The number of carbonyl (C=O) groups excluding carboxylic acids is 3. The number of aromatic nitrogens is 1. The van der Waals surface area contributed by atoms with Gasteiger partial charge in [0, 0.05) is 35.0 Å². The van der Waals surface area contributed by atoms with Crippen LogP contribution < -0.4 is 4.74 Å². The highest BCUT2D eigenvalue weighted by Gasteiger charge is 2.38. The molecule has 8 heteroatoms. The molecule has 4 aromatic rings. The summed E-state index contributed by atoms with van der Waals surface area (Å²) in [5.74, 6) is -0.410. The summed E-state index contributed by atoms with van der Waals surface area (Å²) >= 11 is 0. The molecule has 0 aliphatic carbocycles. The van der Waals surface area contributed by atoms with Crippen molar-refractivity contribution in [3.05, 3.63) is 76.9 Å². The first-order chi connectivity index (χ1) is 20.2. The maximum atomic E-state index is 13.7. The molecular formula is C34H35N3O5. The van der Waals surface area contributed by atoms with Gasteiger partial charge in [-0.15, -0.1) is 0 Å². The average molecular weight is 566 g/mol. The van der Waals surface area contributed by atoms with Crippen LogP contribution in [0.5, 0.6) is 5.75 Å². The first kappa shape index (κ1) is 27.8. The minimum atomic E-state index is -0.829. The number of Topliss-reactive ketones (excluding diaryl/α,β-unsaturated/α-hetero) is 1. The third-order valence-electron chi connectivity index (χ3n) is 8.68. The van der Waals surface area contributed by atoms with Gasteiger partial charge in [0.15, 0.2) is 5.78 Å². The standard InChI is InChI=1S/C34H35N3O5/c1-5-37-27-14-12-22(30(38)23-11-7-6-10-21(23)2)20-25(27)29-28(37)15-13-24-31(39)26(16-19-41-32(24)29)35-42-33(40)34(3,4)36-17-8-9-18-36/h6-7,10-15,20H,5,8-9,16-19H2,1-4H3/b35-26+. The molecule has 0 N–H and O–H groups in total. The van der Waals surface area contributed by atoms with Crippen LogP contribution in [-0.2, 0) is 16.2 Å². The van der Waals surface area contributed by atoms with E-state index in [4.69, 9.17) is 9.57 Å². The van der Waals surface area contributed by atoms with Crippen LogP contribution >= 0.6 is 0 Å². The van der Waals surface area contributed by atoms with Gasteiger partial charge in [0.25, 0.3) is 0 Å². The number of oxime groups is 1. The number of benzene rings is 3. The highest BCUT2D eigenvalue weighted by atomic mass is 16.7. The summed E-state index contributed by atoms with van der Waals surface area (Å²) in [5, 5.41) is 5.69. The van der Waals surface area contributed by atoms with Crippen molar-refractivity contribution in [3.63, 3.8) is 0 Å². The molecule has 1 saturated heterocycles. The molecule has 2 aliphatic rings. The summed E-state index contributed by atoms with van der Waals surface area (Å²) in [6, 6.07) is 16.9. The zero-order valence-corrected chi connectivity index (χ0v) is 24.5. The van der Waals surface area contributed by atoms with Crippen LogP contribution in [0.3, 0.4) is 0 Å². The van der Waals surface area contributed by atoms with Crippen molar-refractivity contribution in [2.45, 2.75) is 59.0 Å². The lowest BCUT2D eigenvalue weighted by molar-refractivity contribution is -0.155. The third kappa shape index (κ3) is 4.60. The van der Waals surface area contributed by atoms with Crippen molar-refractivity contribution in [1.29, 1.82) is 0 Å². The van der Waals surface area contributed by atoms with Gasteiger partial charge in [-0.25, -0.2) is 4.79 Å². The van der Waals surface area contributed by atoms with Crippen LogP contribution in [-0.4, -0.2) is 57.9 Å². The van der Waals surface area contributed by atoms with Gasteiger partial charge < -0.3 is 14.1 Å². The van der Waals surface area contributed by atoms with Gasteiger partial charge in [0.05, 0.1) is 23.1 Å². The molecule has 0 unspecified atom stereocenters. The third-order valence-corrected chi connectivity index (χ3v) is 8.68. The number of carbonyl (C=O) groups is 3. The maximum Gasteiger partial charge on any atom is 0.354 e. The van der Waals surface area contributed by atoms with E-state index in [9.17, 15) is 14.4 Å². The number of aryl methyl sites for hydroxylation is 2. The van der Waals surface area contributed by atoms with Gasteiger partial charge in [-0.1, -0.05) is 29.4 Å². The number of rotatable bonds is 6. The van der Waals surface area contributed by atoms with Crippen LogP contribution in [0.2, 0.25) is 0 Å². The molecule has 8 nitrogen and oxygen atoms in total. The summed E-state index contributed by atoms with van der Waals surface area (Å²) in [6.07, 6.45) is 2.29. The van der Waals surface area contributed by atoms with Crippen molar-refractivity contribution in [2.75, 3.05) is 19.7 Å². The van der Waals surface area contributed by atoms with Crippen LogP contribution in [0.25, 0.3) is 21.8 Å². The second-order valence-electron chi connectivity index (χ2n) is 11.6. The maximum absolute atomic E-state index is 13.7. The Morgan fingerprint density at radius 1 is 1.02 bits per heavy atom. The van der Waals surface area contributed by atoms with Crippen LogP contribution in [0.1, 0.15) is 71.9 Å². The Kier molecular flexibility index (Phi) is 7.19. The lowest BCUT2D eigenvalue weighted by Crippen LogP contribution is -2.49. The normalized spacial score (nSPS) is 17.0. The predicted molar refractivity (Wildman–Crippen MR) is 163 cm³/mol. The van der Waals surface area contributed by atoms with E-state index in [0.29, 0.717) is 29.0 Å². The van der Waals surface area contributed by atoms with Gasteiger partial charge in [-0.3, -0.25) is 14.5 Å². The van der Waals surface area contributed by atoms with Crippen molar-refractivity contribution < 1.29 is 24.0 Å². The van der Waals surface area contributed by atoms with Crippen molar-refractivity contribution in [3.8, 4) is 5.75 Å². The van der Waals surface area contributed by atoms with Crippen molar-refractivity contribution in [1.82, 2.24) is 9.47 Å². The molecule has 1 fully saturated rings. The fourth-order valence-corrected chi connectivity index (χ4v) is 6.17. The largest absolute Gasteiger partial charge is 0.492 e. The number of ketones is 2. The molecule has 0 spiro atoms. The minimum Gasteiger partial charge on any atom is -0.492 e. The van der Waals surface area contributed by atoms with E-state index < -0.39 is 11.5 Å². The highest BCUT2D eigenvalue weighted by Crippen LogP contribution is 2.40. The van der Waals surface area contributed by atoms with Crippen LogP contribution in [0.4, 0.5) is 0 Å². The fraction of sp³-hybridized carbons (Fsp3) is 0.353. The lowest BCUT2D eigenvalue weighted by Gasteiger charge is -2.31. The molecule has 0 saturated carbocycles. The number of hydrogen-bond donors (Lipinski definition) is 0. The van der Waals surface area contributed by atoms with Crippen LogP contribution in [0, 0.1) is 6.92 Å². The van der Waals surface area contributed by atoms with Gasteiger partial charge in [0.1, 0.15) is 17.0 Å².